The van der Waals surface area contributed by atoms with E-state index in [-0.39, 0.29) is 3.72 Å². The maximum absolute atomic E-state index is 2.80. The number of hydrogen-bond acceptors (Lipinski definition) is 0. The Hall–Kier alpha value is -2.67. The Kier molecular flexibility index (Phi) is 6.24. The van der Waals surface area contributed by atoms with Gasteiger partial charge in [0.15, 0.2) is 0 Å². The van der Waals surface area contributed by atoms with E-state index in [4.69, 9.17) is 0 Å². The molecule has 0 saturated heterocycles. The molecular weight excluding hydrogens is 432 g/mol. The van der Waals surface area contributed by atoms with E-state index in [9.17, 15) is 0 Å². The van der Waals surface area contributed by atoms with Crippen LogP contribution in [0.25, 0.3) is 5.57 Å². The van der Waals surface area contributed by atoms with Crippen LogP contribution < -0.4 is 0 Å². The van der Waals surface area contributed by atoms with Crippen molar-refractivity contribution in [3.05, 3.63) is 149 Å². The zero-order valence-electron chi connectivity index (χ0n) is 19.7. The second-order valence-corrected chi connectivity index (χ2v) is 17.1. The summed E-state index contributed by atoms with van der Waals surface area (Å²) in [4.78, 5) is 0. The summed E-state index contributed by atoms with van der Waals surface area (Å²) in [6, 6.07) is 42.9. The van der Waals surface area contributed by atoms with E-state index in [1.54, 1.807) is 5.56 Å². The SMILES string of the molecule is CC1=C[C](C)([Ti]([CH2]c2ccccc2)([CH2]c2ccccc2)[CH2]c2ccccc2)c2ccccc21. The van der Waals surface area contributed by atoms with Crippen LogP contribution in [0.1, 0.15) is 41.7 Å². The Morgan fingerprint density at radius 1 is 0.545 bits per heavy atom. The zero-order valence-corrected chi connectivity index (χ0v) is 21.2. The van der Waals surface area contributed by atoms with Crippen molar-refractivity contribution in [1.29, 1.82) is 0 Å². The molecule has 0 heterocycles. The van der Waals surface area contributed by atoms with Crippen LogP contribution in [0.3, 0.4) is 0 Å². The zero-order chi connectivity index (χ0) is 22.7. The fraction of sp³-hybridized carbons (Fsp3) is 0.188. The molecule has 0 radical (unpaired) electrons. The fourth-order valence-electron chi connectivity index (χ4n) is 6.01. The second kappa shape index (κ2) is 9.30. The number of rotatable bonds is 7. The van der Waals surface area contributed by atoms with Crippen LogP contribution in [0.15, 0.2) is 121 Å². The summed E-state index contributed by atoms with van der Waals surface area (Å²) >= 11 is -2.80. The number of hydrogen-bond donors (Lipinski definition) is 0. The van der Waals surface area contributed by atoms with E-state index in [2.05, 4.69) is 135 Å². The third kappa shape index (κ3) is 4.31. The summed E-state index contributed by atoms with van der Waals surface area (Å²) in [5, 5.41) is 0. The first-order valence-electron chi connectivity index (χ1n) is 12.0. The fourth-order valence-corrected chi connectivity index (χ4v) is 15.1. The van der Waals surface area contributed by atoms with Gasteiger partial charge in [0.1, 0.15) is 0 Å². The van der Waals surface area contributed by atoms with Crippen molar-refractivity contribution in [2.45, 2.75) is 31.7 Å². The first kappa shape index (κ1) is 22.1. The molecule has 0 N–H and O–H groups in total. The third-order valence-electron chi connectivity index (χ3n) is 7.67. The van der Waals surface area contributed by atoms with Gasteiger partial charge in [0.2, 0.25) is 0 Å². The van der Waals surface area contributed by atoms with Crippen LogP contribution >= 0.6 is 0 Å². The van der Waals surface area contributed by atoms with Gasteiger partial charge in [-0.1, -0.05) is 0 Å². The molecule has 0 spiro atoms. The van der Waals surface area contributed by atoms with Gasteiger partial charge in [-0.05, 0) is 0 Å². The molecule has 0 fully saturated rings. The van der Waals surface area contributed by atoms with Gasteiger partial charge >= 0.3 is 203 Å². The molecule has 33 heavy (non-hydrogen) atoms. The summed E-state index contributed by atoms with van der Waals surface area (Å²) in [6.45, 7) is 4.88. The van der Waals surface area contributed by atoms with E-state index < -0.39 is 16.6 Å². The Bertz CT molecular complexity index is 1140. The van der Waals surface area contributed by atoms with Crippen LogP contribution in [-0.4, -0.2) is 0 Å². The van der Waals surface area contributed by atoms with Crippen molar-refractivity contribution in [2.75, 3.05) is 0 Å². The number of fused-ring (bicyclic) bond motifs is 1. The summed E-state index contributed by atoms with van der Waals surface area (Å²) in [6.07, 6.45) is 2.65. The number of allylic oxidation sites excluding steroid dienone is 2. The first-order valence-corrected chi connectivity index (χ1v) is 16.1. The topological polar surface area (TPSA) is 0 Å². The first-order chi connectivity index (χ1) is 16.1. The molecule has 0 aliphatic heterocycles. The second-order valence-electron chi connectivity index (χ2n) is 9.84. The molecule has 1 unspecified atom stereocenters. The summed E-state index contributed by atoms with van der Waals surface area (Å²) < 4.78 is 3.72. The summed E-state index contributed by atoms with van der Waals surface area (Å²) in [7, 11) is 0. The van der Waals surface area contributed by atoms with Gasteiger partial charge in [-0.15, -0.1) is 0 Å². The van der Waals surface area contributed by atoms with Gasteiger partial charge in [-0.3, -0.25) is 0 Å². The molecule has 164 valence electrons. The molecule has 0 nitrogen and oxygen atoms in total. The minimum atomic E-state index is -2.80. The maximum atomic E-state index is 2.65. The third-order valence-corrected chi connectivity index (χ3v) is 16.8. The molecule has 4 aromatic carbocycles. The molecular formula is C32H32Ti. The molecule has 4 aromatic rings. The average Bonchev–Trinajstić information content (AvgIpc) is 3.12. The standard InChI is InChI=1S/C11H11.3C7H7.Ti/c1-8-7-9(2)11-6-4-3-5-10(8)11;3*1-7-5-3-2-4-6-7;/h3-7H,1-2H3;3*2-6H,1H2;. The van der Waals surface area contributed by atoms with Crippen LogP contribution in [0.2, 0.25) is 0 Å². The molecule has 1 aliphatic rings. The Labute approximate surface area is 202 Å². The molecule has 1 heteroatoms. The Morgan fingerprint density at radius 3 is 1.39 bits per heavy atom. The van der Waals surface area contributed by atoms with Crippen molar-refractivity contribution in [2.24, 2.45) is 0 Å². The average molecular weight is 464 g/mol. The Balaban J connectivity index is 1.73. The number of benzene rings is 4. The predicted octanol–water partition coefficient (Wildman–Crippen LogP) is 8.07. The quantitative estimate of drug-likeness (QED) is 0.243. The van der Waals surface area contributed by atoms with E-state index >= 15 is 0 Å². The Morgan fingerprint density at radius 2 is 0.939 bits per heavy atom. The van der Waals surface area contributed by atoms with E-state index in [0.29, 0.717) is 0 Å². The van der Waals surface area contributed by atoms with Crippen molar-refractivity contribution < 1.29 is 16.6 Å². The van der Waals surface area contributed by atoms with Crippen LogP contribution in [-0.2, 0) is 34.5 Å². The van der Waals surface area contributed by atoms with Crippen LogP contribution in [0, 0.1) is 0 Å². The van der Waals surface area contributed by atoms with E-state index in [0.717, 1.165) is 0 Å². The molecule has 1 atom stereocenters. The van der Waals surface area contributed by atoms with Crippen LogP contribution in [0.5, 0.6) is 0 Å². The molecule has 0 saturated carbocycles. The van der Waals surface area contributed by atoms with Crippen molar-refractivity contribution in [3.8, 4) is 0 Å². The molecule has 5 rings (SSSR count). The van der Waals surface area contributed by atoms with Gasteiger partial charge in [-0.2, -0.15) is 0 Å². The van der Waals surface area contributed by atoms with Crippen molar-refractivity contribution in [1.82, 2.24) is 0 Å². The molecule has 1 aliphatic carbocycles. The van der Waals surface area contributed by atoms with E-state index in [1.165, 1.54) is 42.0 Å². The van der Waals surface area contributed by atoms with Gasteiger partial charge < -0.3 is 0 Å². The van der Waals surface area contributed by atoms with Crippen molar-refractivity contribution >= 4 is 5.57 Å². The molecule has 0 aromatic heterocycles. The predicted molar refractivity (Wildman–Crippen MR) is 138 cm³/mol. The summed E-state index contributed by atoms with van der Waals surface area (Å²) in [5.41, 5.74) is 8.90. The van der Waals surface area contributed by atoms with E-state index in [1.807, 2.05) is 0 Å². The van der Waals surface area contributed by atoms with Gasteiger partial charge in [-0.25, -0.2) is 0 Å². The van der Waals surface area contributed by atoms with Gasteiger partial charge in [0.25, 0.3) is 0 Å². The molecule has 0 amide bonds. The van der Waals surface area contributed by atoms with Gasteiger partial charge in [0, 0.05) is 0 Å². The normalized spacial score (nSPS) is 17.5. The monoisotopic (exact) mass is 464 g/mol. The van der Waals surface area contributed by atoms with Crippen molar-refractivity contribution in [3.63, 3.8) is 0 Å². The molecule has 0 bridgehead atoms. The van der Waals surface area contributed by atoms with Gasteiger partial charge in [0.05, 0.1) is 0 Å². The minimum absolute atomic E-state index is 0.0994. The summed E-state index contributed by atoms with van der Waals surface area (Å²) in [5.74, 6) is 0. The van der Waals surface area contributed by atoms with Crippen LogP contribution in [0.4, 0.5) is 0 Å².